The Hall–Kier alpha value is -2.01. The van der Waals surface area contributed by atoms with Crippen molar-refractivity contribution < 1.29 is 14.3 Å². The number of aromatic nitrogens is 1. The Labute approximate surface area is 143 Å². The summed E-state index contributed by atoms with van der Waals surface area (Å²) in [5.41, 5.74) is 2.66. The minimum atomic E-state index is -0.182. The van der Waals surface area contributed by atoms with Crippen LogP contribution in [0.15, 0.2) is 30.5 Å². The quantitative estimate of drug-likeness (QED) is 0.841. The number of hydrogen-bond acceptors (Lipinski definition) is 3. The lowest BCUT2D eigenvalue weighted by Gasteiger charge is -2.31. The molecule has 1 aliphatic heterocycles. The Morgan fingerprint density at radius 3 is 2.71 bits per heavy atom. The third-order valence-corrected chi connectivity index (χ3v) is 4.82. The molecule has 0 saturated carbocycles. The highest BCUT2D eigenvalue weighted by Gasteiger charge is 2.26. The van der Waals surface area contributed by atoms with Crippen LogP contribution >= 0.6 is 0 Å². The van der Waals surface area contributed by atoms with E-state index in [1.165, 1.54) is 16.5 Å². The Morgan fingerprint density at radius 2 is 2.00 bits per heavy atom. The van der Waals surface area contributed by atoms with Crippen molar-refractivity contribution in [3.8, 4) is 0 Å². The molecule has 1 saturated heterocycles. The van der Waals surface area contributed by atoms with Gasteiger partial charge in [0.1, 0.15) is 0 Å². The molecule has 0 spiro atoms. The molecule has 24 heavy (non-hydrogen) atoms. The number of amides is 1. The SMILES string of the molecule is CCOC(=O)N1CCC(c2cn(CCOC)c3ccccc23)CC1. The highest BCUT2D eigenvalue weighted by molar-refractivity contribution is 5.84. The van der Waals surface area contributed by atoms with Crippen LogP contribution in [0.2, 0.25) is 0 Å². The van der Waals surface area contributed by atoms with Crippen LogP contribution in [0.1, 0.15) is 31.2 Å². The smallest absolute Gasteiger partial charge is 0.409 e. The largest absolute Gasteiger partial charge is 0.450 e. The second kappa shape index (κ2) is 7.71. The van der Waals surface area contributed by atoms with E-state index in [0.29, 0.717) is 19.1 Å². The maximum atomic E-state index is 11.9. The van der Waals surface area contributed by atoms with Gasteiger partial charge >= 0.3 is 6.09 Å². The van der Waals surface area contributed by atoms with E-state index in [4.69, 9.17) is 9.47 Å². The molecular weight excluding hydrogens is 304 g/mol. The van der Waals surface area contributed by atoms with Gasteiger partial charge in [0.15, 0.2) is 0 Å². The van der Waals surface area contributed by atoms with E-state index < -0.39 is 0 Å². The summed E-state index contributed by atoms with van der Waals surface area (Å²) in [6.07, 6.45) is 4.06. The Balaban J connectivity index is 1.77. The van der Waals surface area contributed by atoms with Gasteiger partial charge in [0.05, 0.1) is 13.2 Å². The first kappa shape index (κ1) is 16.8. The minimum Gasteiger partial charge on any atom is -0.450 e. The van der Waals surface area contributed by atoms with Gasteiger partial charge in [-0.25, -0.2) is 4.79 Å². The summed E-state index contributed by atoms with van der Waals surface area (Å²) in [5, 5.41) is 1.32. The zero-order chi connectivity index (χ0) is 16.9. The molecule has 3 rings (SSSR count). The van der Waals surface area contributed by atoms with E-state index in [0.717, 1.165) is 32.5 Å². The van der Waals surface area contributed by atoms with Gasteiger partial charge < -0.3 is 18.9 Å². The second-order valence-electron chi connectivity index (χ2n) is 6.25. The molecule has 0 unspecified atom stereocenters. The number of para-hydroxylation sites is 1. The standard InChI is InChI=1S/C19H26N2O3/c1-3-24-19(22)20-10-8-15(9-11-20)17-14-21(12-13-23-2)18-7-5-4-6-16(17)18/h4-7,14-15H,3,8-13H2,1-2H3. The zero-order valence-corrected chi connectivity index (χ0v) is 14.5. The predicted octanol–water partition coefficient (Wildman–Crippen LogP) is 3.62. The van der Waals surface area contributed by atoms with Gasteiger partial charge in [-0.3, -0.25) is 0 Å². The Kier molecular flexibility index (Phi) is 5.41. The van der Waals surface area contributed by atoms with Crippen molar-refractivity contribution in [3.63, 3.8) is 0 Å². The van der Waals surface area contributed by atoms with Crippen LogP contribution in [0.3, 0.4) is 0 Å². The van der Waals surface area contributed by atoms with Gasteiger partial charge in [-0.15, -0.1) is 0 Å². The number of benzene rings is 1. The fraction of sp³-hybridized carbons (Fsp3) is 0.526. The molecule has 1 aromatic carbocycles. The molecule has 2 heterocycles. The molecule has 5 heteroatoms. The Bertz CT molecular complexity index is 687. The van der Waals surface area contributed by atoms with Crippen molar-refractivity contribution in [1.29, 1.82) is 0 Å². The number of fused-ring (bicyclic) bond motifs is 1. The number of ether oxygens (including phenoxy) is 2. The number of hydrogen-bond donors (Lipinski definition) is 0. The first-order valence-electron chi connectivity index (χ1n) is 8.73. The summed E-state index contributed by atoms with van der Waals surface area (Å²) in [6, 6.07) is 8.55. The monoisotopic (exact) mass is 330 g/mol. The summed E-state index contributed by atoms with van der Waals surface area (Å²) in [7, 11) is 1.73. The fourth-order valence-electron chi connectivity index (χ4n) is 3.56. The molecule has 1 aliphatic rings. The molecule has 0 radical (unpaired) electrons. The van der Waals surface area contributed by atoms with E-state index in [2.05, 4.69) is 35.0 Å². The van der Waals surface area contributed by atoms with Crippen molar-refractivity contribution in [3.05, 3.63) is 36.0 Å². The lowest BCUT2D eigenvalue weighted by molar-refractivity contribution is 0.0971. The van der Waals surface area contributed by atoms with Crippen molar-refractivity contribution in [2.45, 2.75) is 32.2 Å². The molecule has 1 aromatic heterocycles. The van der Waals surface area contributed by atoms with Gasteiger partial charge in [-0.05, 0) is 37.3 Å². The molecule has 1 amide bonds. The number of nitrogens with zero attached hydrogens (tertiary/aromatic N) is 2. The molecular formula is C19H26N2O3. The molecule has 130 valence electrons. The second-order valence-corrected chi connectivity index (χ2v) is 6.25. The molecule has 0 atom stereocenters. The summed E-state index contributed by atoms with van der Waals surface area (Å²) in [6.45, 7) is 5.38. The maximum absolute atomic E-state index is 11.9. The number of carbonyl (C=O) groups excluding carboxylic acids is 1. The van der Waals surface area contributed by atoms with Gasteiger partial charge in [-0.1, -0.05) is 18.2 Å². The molecule has 0 aliphatic carbocycles. The van der Waals surface area contributed by atoms with E-state index in [-0.39, 0.29) is 6.09 Å². The first-order chi connectivity index (χ1) is 11.7. The van der Waals surface area contributed by atoms with Crippen LogP contribution in [0.25, 0.3) is 10.9 Å². The van der Waals surface area contributed by atoms with Gasteiger partial charge in [0.25, 0.3) is 0 Å². The third-order valence-electron chi connectivity index (χ3n) is 4.82. The lowest BCUT2D eigenvalue weighted by atomic mass is 9.89. The molecule has 5 nitrogen and oxygen atoms in total. The number of carbonyl (C=O) groups is 1. The van der Waals surface area contributed by atoms with E-state index in [1.54, 1.807) is 7.11 Å². The normalized spacial score (nSPS) is 15.8. The number of rotatable bonds is 5. The first-order valence-corrected chi connectivity index (χ1v) is 8.73. The highest BCUT2D eigenvalue weighted by atomic mass is 16.6. The lowest BCUT2D eigenvalue weighted by Crippen LogP contribution is -2.38. The molecule has 0 bridgehead atoms. The van der Waals surface area contributed by atoms with Crippen molar-refractivity contribution in [2.75, 3.05) is 33.4 Å². The van der Waals surface area contributed by atoms with Crippen LogP contribution in [0, 0.1) is 0 Å². The zero-order valence-electron chi connectivity index (χ0n) is 14.5. The van der Waals surface area contributed by atoms with Crippen molar-refractivity contribution >= 4 is 17.0 Å². The number of likely N-dealkylation sites (tertiary alicyclic amines) is 1. The van der Waals surface area contributed by atoms with Gasteiger partial charge in [0, 0.05) is 43.8 Å². The third kappa shape index (κ3) is 3.41. The van der Waals surface area contributed by atoms with Crippen LogP contribution in [0.4, 0.5) is 4.79 Å². The number of piperidine rings is 1. The summed E-state index contributed by atoms with van der Waals surface area (Å²) < 4.78 is 12.6. The van der Waals surface area contributed by atoms with Gasteiger partial charge in [0.2, 0.25) is 0 Å². The predicted molar refractivity (Wildman–Crippen MR) is 94.4 cm³/mol. The van der Waals surface area contributed by atoms with Crippen molar-refractivity contribution in [1.82, 2.24) is 9.47 Å². The average molecular weight is 330 g/mol. The maximum Gasteiger partial charge on any atom is 0.409 e. The topological polar surface area (TPSA) is 43.7 Å². The Morgan fingerprint density at radius 1 is 1.25 bits per heavy atom. The van der Waals surface area contributed by atoms with Crippen LogP contribution in [0.5, 0.6) is 0 Å². The van der Waals surface area contributed by atoms with Crippen LogP contribution in [-0.4, -0.2) is 49.0 Å². The van der Waals surface area contributed by atoms with E-state index in [9.17, 15) is 4.79 Å². The summed E-state index contributed by atoms with van der Waals surface area (Å²) >= 11 is 0. The minimum absolute atomic E-state index is 0.182. The highest BCUT2D eigenvalue weighted by Crippen LogP contribution is 2.34. The van der Waals surface area contributed by atoms with E-state index in [1.807, 2.05) is 11.8 Å². The molecule has 0 N–H and O–H groups in total. The summed E-state index contributed by atoms with van der Waals surface area (Å²) in [4.78, 5) is 13.7. The fourth-order valence-corrected chi connectivity index (χ4v) is 3.56. The van der Waals surface area contributed by atoms with E-state index >= 15 is 0 Å². The summed E-state index contributed by atoms with van der Waals surface area (Å²) in [5.74, 6) is 0.490. The van der Waals surface area contributed by atoms with Gasteiger partial charge in [-0.2, -0.15) is 0 Å². The molecule has 1 fully saturated rings. The average Bonchev–Trinajstić information content (AvgIpc) is 2.99. The van der Waals surface area contributed by atoms with Crippen LogP contribution in [-0.2, 0) is 16.0 Å². The molecule has 2 aromatic rings. The van der Waals surface area contributed by atoms with Crippen LogP contribution < -0.4 is 0 Å². The number of methoxy groups -OCH3 is 1. The van der Waals surface area contributed by atoms with Crippen molar-refractivity contribution in [2.24, 2.45) is 0 Å².